The van der Waals surface area contributed by atoms with E-state index in [9.17, 15) is 0 Å². The molecule has 0 spiro atoms. The monoisotopic (exact) mass is 881 g/mol. The second kappa shape index (κ2) is 14.7. The maximum Gasteiger partial charge on any atom is 0.120 e. The van der Waals surface area contributed by atoms with E-state index >= 15 is 0 Å². The van der Waals surface area contributed by atoms with Crippen molar-refractivity contribution >= 4 is 50.6 Å². The van der Waals surface area contributed by atoms with Crippen LogP contribution in [0.15, 0.2) is 132 Å². The van der Waals surface area contributed by atoms with Crippen LogP contribution in [0.1, 0.15) is 32.2 Å². The molecule has 49 heavy (non-hydrogen) atoms. The van der Waals surface area contributed by atoms with Crippen molar-refractivity contribution in [3.8, 4) is 22.6 Å². The Morgan fingerprint density at radius 1 is 0.816 bits per heavy atom. The molecule has 0 unspecified atom stereocenters. The molecule has 3 heterocycles. The van der Waals surface area contributed by atoms with Crippen LogP contribution in [0.5, 0.6) is 0 Å². The number of hydrogen-bond donors (Lipinski definition) is 0. The first-order valence-corrected chi connectivity index (χ1v) is 23.7. The van der Waals surface area contributed by atoms with Crippen molar-refractivity contribution in [2.75, 3.05) is 0 Å². The largest absolute Gasteiger partial charge is 0.501 e. The number of rotatable bonds is 6. The van der Waals surface area contributed by atoms with Gasteiger partial charge in [-0.05, 0) is 23.8 Å². The summed E-state index contributed by atoms with van der Waals surface area (Å²) in [5.74, 6) is 7.32. The Labute approximate surface area is 306 Å². The molecule has 0 aliphatic carbocycles. The predicted octanol–water partition coefficient (Wildman–Crippen LogP) is 10.7. The quantitative estimate of drug-likeness (QED) is 0.123. The summed E-state index contributed by atoms with van der Waals surface area (Å²) in [4.78, 5) is 9.59. The number of furan rings is 1. The zero-order chi connectivity index (χ0) is 34.2. The Balaban J connectivity index is 0.000000182. The molecule has 4 nitrogen and oxygen atoms in total. The average molecular weight is 880 g/mol. The molecule has 6 heteroatoms. The van der Waals surface area contributed by atoms with Gasteiger partial charge in [-0.1, -0.05) is 71.6 Å². The minimum atomic E-state index is -2.03. The molecular weight excluding hydrogens is 839 g/mol. The van der Waals surface area contributed by atoms with Crippen LogP contribution in [-0.2, 0) is 26.7 Å². The molecule has 0 aliphatic heterocycles. The first-order valence-electron chi connectivity index (χ1n) is 16.9. The van der Waals surface area contributed by atoms with Crippen LogP contribution in [-0.4, -0.2) is 27.8 Å². The zero-order valence-corrected chi connectivity index (χ0v) is 32.9. The molecule has 247 valence electrons. The standard InChI is InChI=1S/C26H17N2O.C17H22GeN.Ir/c1-2-9-18(10-3-1)17-28-23-15-6-5-14-22(23)27-26(28)21-13-8-12-20-19-11-4-7-16-24(19)29-25(20)21;1-13(2)15-11-17(14-9-7-6-8-10-14)19-12-16(15)18(3,4)5;/h1-12,14-16H,17H2;6-9,11-13H,1-5H3;/q2*-1;/i;13D;. The van der Waals surface area contributed by atoms with Crippen molar-refractivity contribution in [3.63, 3.8) is 0 Å². The van der Waals surface area contributed by atoms with Gasteiger partial charge in [-0.25, -0.2) is 0 Å². The fourth-order valence-corrected chi connectivity index (χ4v) is 9.53. The van der Waals surface area contributed by atoms with Crippen molar-refractivity contribution in [2.45, 2.75) is 43.6 Å². The molecular formula is C43H39GeIrN3O-2. The van der Waals surface area contributed by atoms with Crippen LogP contribution in [0.2, 0.25) is 17.3 Å². The topological polar surface area (TPSA) is 43.9 Å². The summed E-state index contributed by atoms with van der Waals surface area (Å²) in [6.07, 6.45) is 2.00. The van der Waals surface area contributed by atoms with Crippen LogP contribution in [0.3, 0.4) is 0 Å². The number of aromatic nitrogens is 3. The van der Waals surface area contributed by atoms with E-state index in [1.165, 1.54) is 9.96 Å². The predicted molar refractivity (Wildman–Crippen MR) is 202 cm³/mol. The van der Waals surface area contributed by atoms with Gasteiger partial charge in [-0.15, -0.1) is 18.2 Å². The van der Waals surface area contributed by atoms with E-state index < -0.39 is 19.2 Å². The first-order chi connectivity index (χ1) is 23.6. The van der Waals surface area contributed by atoms with Crippen molar-refractivity contribution < 1.29 is 25.9 Å². The summed E-state index contributed by atoms with van der Waals surface area (Å²) < 4.78 is 18.3. The van der Waals surface area contributed by atoms with Gasteiger partial charge >= 0.3 is 120 Å². The number of fused-ring (bicyclic) bond motifs is 4. The molecule has 0 aliphatic rings. The third kappa shape index (κ3) is 7.21. The van der Waals surface area contributed by atoms with Gasteiger partial charge in [0.25, 0.3) is 0 Å². The normalized spacial score (nSPS) is 12.0. The molecule has 0 saturated carbocycles. The molecule has 0 amide bonds. The van der Waals surface area contributed by atoms with Crippen molar-refractivity contribution in [2.24, 2.45) is 0 Å². The number of pyridine rings is 1. The summed E-state index contributed by atoms with van der Waals surface area (Å²) in [5, 5.41) is 2.20. The van der Waals surface area contributed by atoms with Gasteiger partial charge in [0.1, 0.15) is 5.58 Å². The second-order valence-electron chi connectivity index (χ2n) is 13.3. The Morgan fingerprint density at radius 2 is 1.55 bits per heavy atom. The number of nitrogens with zero attached hydrogens (tertiary/aromatic N) is 3. The van der Waals surface area contributed by atoms with E-state index in [4.69, 9.17) is 10.8 Å². The molecule has 0 bridgehead atoms. The molecule has 8 rings (SSSR count). The van der Waals surface area contributed by atoms with E-state index in [1.54, 1.807) is 0 Å². The molecule has 3 aromatic heterocycles. The van der Waals surface area contributed by atoms with E-state index in [0.717, 1.165) is 67.7 Å². The van der Waals surface area contributed by atoms with Crippen LogP contribution in [0.4, 0.5) is 0 Å². The minimum absolute atomic E-state index is 0. The van der Waals surface area contributed by atoms with Crippen LogP contribution in [0, 0.1) is 12.1 Å². The summed E-state index contributed by atoms with van der Waals surface area (Å²) in [5.41, 5.74) is 8.94. The van der Waals surface area contributed by atoms with E-state index in [1.807, 2.05) is 80.7 Å². The van der Waals surface area contributed by atoms with E-state index in [-0.39, 0.29) is 20.1 Å². The number of hydrogen-bond acceptors (Lipinski definition) is 3. The number of para-hydroxylation sites is 3. The molecule has 8 aromatic rings. The summed E-state index contributed by atoms with van der Waals surface area (Å²) in [6, 6.07) is 47.5. The first kappa shape index (κ1) is 33.2. The van der Waals surface area contributed by atoms with Gasteiger partial charge in [0.15, 0.2) is 0 Å². The molecule has 0 fully saturated rings. The summed E-state index contributed by atoms with van der Waals surface area (Å²) in [6.45, 7) is 4.65. The fourth-order valence-electron chi connectivity index (χ4n) is 6.22. The molecule has 0 N–H and O–H groups in total. The number of imidazole rings is 1. The molecule has 1 radical (unpaired) electrons. The van der Waals surface area contributed by atoms with Crippen LogP contribution < -0.4 is 4.40 Å². The summed E-state index contributed by atoms with van der Waals surface area (Å²) in [7, 11) is 0. The van der Waals surface area contributed by atoms with Crippen LogP contribution >= 0.6 is 0 Å². The third-order valence-corrected chi connectivity index (χ3v) is 12.9. The van der Waals surface area contributed by atoms with E-state index in [0.29, 0.717) is 0 Å². The Kier molecular flexibility index (Phi) is 9.95. The molecule has 0 atom stereocenters. The maximum atomic E-state index is 8.44. The van der Waals surface area contributed by atoms with Crippen molar-refractivity contribution in [1.29, 1.82) is 0 Å². The van der Waals surface area contributed by atoms with Gasteiger partial charge in [0, 0.05) is 32.0 Å². The van der Waals surface area contributed by atoms with Gasteiger partial charge in [-0.3, -0.25) is 4.98 Å². The second-order valence-corrected chi connectivity index (χ2v) is 23.9. The maximum absolute atomic E-state index is 8.44. The Hall–Kier alpha value is -4.29. The van der Waals surface area contributed by atoms with Gasteiger partial charge < -0.3 is 8.98 Å². The average Bonchev–Trinajstić information content (AvgIpc) is 3.67. The zero-order valence-electron chi connectivity index (χ0n) is 29.4. The van der Waals surface area contributed by atoms with Crippen molar-refractivity contribution in [1.82, 2.24) is 14.5 Å². The Bertz CT molecular complexity index is 2390. The molecule has 0 saturated heterocycles. The van der Waals surface area contributed by atoms with E-state index in [2.05, 4.69) is 99.6 Å². The number of benzene rings is 5. The SMILES string of the molecule is [2H]C(C)(C)c1cc(-c2[c-]cccc2)nc[c]1[Ge]([CH3])([CH3])[CH3].[Ir].[c-]1ccc2c(oc3ccccc32)c1-c1nc2ccccc2n1Cc1ccccc1. The van der Waals surface area contributed by atoms with Gasteiger partial charge in [0.05, 0.1) is 22.4 Å². The summed E-state index contributed by atoms with van der Waals surface area (Å²) >= 11 is -2.03. The fraction of sp³-hybridized carbons (Fsp3) is 0.163. The van der Waals surface area contributed by atoms with Gasteiger partial charge in [0.2, 0.25) is 0 Å². The van der Waals surface area contributed by atoms with Gasteiger partial charge in [-0.2, -0.15) is 0 Å². The smallest absolute Gasteiger partial charge is 0.120 e. The third-order valence-electron chi connectivity index (χ3n) is 8.64. The van der Waals surface area contributed by atoms with Crippen molar-refractivity contribution in [3.05, 3.63) is 151 Å². The molecule has 5 aromatic carbocycles. The minimum Gasteiger partial charge on any atom is -0.501 e. The Morgan fingerprint density at radius 3 is 2.31 bits per heavy atom. The van der Waals surface area contributed by atoms with Crippen LogP contribution in [0.25, 0.3) is 55.6 Å².